The fraction of sp³-hybridized carbons (Fsp3) is 0.300. The van der Waals surface area contributed by atoms with E-state index >= 15 is 0 Å². The van der Waals surface area contributed by atoms with Crippen molar-refractivity contribution >= 4 is 22.5 Å². The van der Waals surface area contributed by atoms with Crippen LogP contribution in [-0.4, -0.2) is 47.0 Å². The van der Waals surface area contributed by atoms with Crippen molar-refractivity contribution in [3.05, 3.63) is 60.0 Å². The summed E-state index contributed by atoms with van der Waals surface area (Å²) in [6.45, 7) is 5.01. The smallest absolute Gasteiger partial charge is 0.221 e. The maximum Gasteiger partial charge on any atom is 0.221 e. The lowest BCUT2D eigenvalue weighted by Crippen LogP contribution is -2.46. The number of nitrogens with one attached hydrogen (secondary N) is 1. The second-order valence-corrected chi connectivity index (χ2v) is 6.83. The van der Waals surface area contributed by atoms with Crippen LogP contribution >= 0.6 is 0 Å². The number of hydrogen-bond donors (Lipinski definition) is 2. The molecule has 0 radical (unpaired) electrons. The summed E-state index contributed by atoms with van der Waals surface area (Å²) in [7, 11) is 0. The Hall–Kier alpha value is -2.86. The number of amides is 1. The van der Waals surface area contributed by atoms with Crippen molar-refractivity contribution < 1.29 is 4.79 Å². The Morgan fingerprint density at radius 1 is 1.08 bits per heavy atom. The molecule has 0 atom stereocenters. The number of benzene rings is 1. The van der Waals surface area contributed by atoms with Gasteiger partial charge in [0.15, 0.2) is 0 Å². The Morgan fingerprint density at radius 3 is 2.58 bits per heavy atom. The number of pyridine rings is 1. The van der Waals surface area contributed by atoms with Gasteiger partial charge in [-0.15, -0.1) is 0 Å². The van der Waals surface area contributed by atoms with Crippen molar-refractivity contribution in [3.63, 3.8) is 0 Å². The Kier molecular flexibility index (Phi) is 4.58. The van der Waals surface area contributed by atoms with Crippen molar-refractivity contribution in [2.24, 2.45) is 5.73 Å². The van der Waals surface area contributed by atoms with Crippen molar-refractivity contribution in [1.29, 1.82) is 0 Å². The molecule has 0 bridgehead atoms. The third-order valence-corrected chi connectivity index (χ3v) is 4.91. The minimum absolute atomic E-state index is 0.285. The minimum atomic E-state index is -0.299. The zero-order chi connectivity index (χ0) is 17.9. The van der Waals surface area contributed by atoms with E-state index in [4.69, 9.17) is 5.73 Å². The van der Waals surface area contributed by atoms with Crippen LogP contribution in [0.1, 0.15) is 11.3 Å². The molecular weight excluding hydrogens is 326 g/mol. The van der Waals surface area contributed by atoms with Crippen LogP contribution in [0.4, 0.5) is 5.69 Å². The van der Waals surface area contributed by atoms with Gasteiger partial charge in [-0.25, -0.2) is 0 Å². The predicted octanol–water partition coefficient (Wildman–Crippen LogP) is 1.91. The lowest BCUT2D eigenvalue weighted by Gasteiger charge is -2.35. The molecule has 0 unspecified atom stereocenters. The van der Waals surface area contributed by atoms with Crippen LogP contribution in [0, 0.1) is 0 Å². The largest absolute Gasteiger partial charge is 0.369 e. The standard InChI is InChI=1S/C20H23N5O/c21-20(26)12-15-1-2-19-16(11-15)13-17(23-19)14-24-7-9-25(10-8-24)18-3-5-22-6-4-18/h1-6,11,13,23H,7-10,12,14H2,(H2,21,26). The predicted molar refractivity (Wildman–Crippen MR) is 103 cm³/mol. The summed E-state index contributed by atoms with van der Waals surface area (Å²) in [4.78, 5) is 23.5. The number of aromatic amines is 1. The zero-order valence-corrected chi connectivity index (χ0v) is 14.7. The first-order chi connectivity index (χ1) is 12.7. The third-order valence-electron chi connectivity index (χ3n) is 4.91. The number of hydrogen-bond acceptors (Lipinski definition) is 4. The number of carbonyl (C=O) groups is 1. The second kappa shape index (κ2) is 7.17. The molecule has 134 valence electrons. The fourth-order valence-corrected chi connectivity index (χ4v) is 3.60. The fourth-order valence-electron chi connectivity index (χ4n) is 3.60. The maximum atomic E-state index is 11.1. The number of anilines is 1. The van der Waals surface area contributed by atoms with Crippen LogP contribution in [0.15, 0.2) is 48.8 Å². The average Bonchev–Trinajstić information content (AvgIpc) is 3.04. The van der Waals surface area contributed by atoms with Crippen molar-refractivity contribution in [2.45, 2.75) is 13.0 Å². The van der Waals surface area contributed by atoms with Crippen LogP contribution < -0.4 is 10.6 Å². The Balaban J connectivity index is 1.39. The summed E-state index contributed by atoms with van der Waals surface area (Å²) < 4.78 is 0. The molecule has 1 fully saturated rings. The van der Waals surface area contributed by atoms with E-state index in [1.807, 2.05) is 30.6 Å². The van der Waals surface area contributed by atoms with Crippen LogP contribution in [0.3, 0.4) is 0 Å². The van der Waals surface area contributed by atoms with Crippen LogP contribution in [-0.2, 0) is 17.8 Å². The third kappa shape index (κ3) is 3.70. The summed E-state index contributed by atoms with van der Waals surface area (Å²) in [5, 5.41) is 1.13. The molecule has 1 aliphatic heterocycles. The number of carbonyl (C=O) groups excluding carboxylic acids is 1. The molecule has 26 heavy (non-hydrogen) atoms. The Bertz CT molecular complexity index is 897. The lowest BCUT2D eigenvalue weighted by molar-refractivity contribution is -0.117. The molecule has 1 saturated heterocycles. The number of aromatic nitrogens is 2. The summed E-state index contributed by atoms with van der Waals surface area (Å²) in [6, 6.07) is 12.3. The zero-order valence-electron chi connectivity index (χ0n) is 14.7. The lowest BCUT2D eigenvalue weighted by atomic mass is 10.1. The Morgan fingerprint density at radius 2 is 1.85 bits per heavy atom. The topological polar surface area (TPSA) is 78.2 Å². The van der Waals surface area contributed by atoms with E-state index in [0.717, 1.165) is 49.2 Å². The number of H-pyrrole nitrogens is 1. The minimum Gasteiger partial charge on any atom is -0.369 e. The molecule has 6 nitrogen and oxygen atoms in total. The molecular formula is C20H23N5O. The molecule has 1 amide bonds. The normalized spacial score (nSPS) is 15.5. The van der Waals surface area contributed by atoms with Gasteiger partial charge < -0.3 is 15.6 Å². The molecule has 1 aliphatic rings. The summed E-state index contributed by atoms with van der Waals surface area (Å²) in [5.41, 5.74) is 9.80. The summed E-state index contributed by atoms with van der Waals surface area (Å²) >= 11 is 0. The highest BCUT2D eigenvalue weighted by molar-refractivity contribution is 5.83. The first-order valence-electron chi connectivity index (χ1n) is 8.93. The number of piperazine rings is 1. The number of fused-ring (bicyclic) bond motifs is 1. The van der Waals surface area contributed by atoms with Crippen LogP contribution in [0.5, 0.6) is 0 Å². The van der Waals surface area contributed by atoms with Crippen molar-refractivity contribution in [3.8, 4) is 0 Å². The van der Waals surface area contributed by atoms with Gasteiger partial charge in [0.1, 0.15) is 0 Å². The first-order valence-corrected chi connectivity index (χ1v) is 8.93. The van der Waals surface area contributed by atoms with Crippen molar-refractivity contribution in [1.82, 2.24) is 14.9 Å². The van der Waals surface area contributed by atoms with Gasteiger partial charge in [0, 0.05) is 62.0 Å². The quantitative estimate of drug-likeness (QED) is 0.738. The van der Waals surface area contributed by atoms with E-state index in [-0.39, 0.29) is 12.3 Å². The van der Waals surface area contributed by atoms with Gasteiger partial charge in [-0.2, -0.15) is 0 Å². The van der Waals surface area contributed by atoms with Gasteiger partial charge in [0.05, 0.1) is 6.42 Å². The highest BCUT2D eigenvalue weighted by atomic mass is 16.1. The monoisotopic (exact) mass is 349 g/mol. The molecule has 0 spiro atoms. The van der Waals surface area contributed by atoms with Crippen LogP contribution in [0.2, 0.25) is 0 Å². The molecule has 0 saturated carbocycles. The maximum absolute atomic E-state index is 11.1. The molecule has 1 aromatic carbocycles. The van der Waals surface area contributed by atoms with E-state index in [1.54, 1.807) is 0 Å². The van der Waals surface area contributed by atoms with E-state index in [1.165, 1.54) is 11.4 Å². The molecule has 3 N–H and O–H groups in total. The van der Waals surface area contributed by atoms with E-state index in [0.29, 0.717) is 0 Å². The van der Waals surface area contributed by atoms with E-state index in [2.05, 4.69) is 38.0 Å². The molecule has 3 heterocycles. The first kappa shape index (κ1) is 16.6. The van der Waals surface area contributed by atoms with Crippen molar-refractivity contribution in [2.75, 3.05) is 31.1 Å². The number of nitrogens with two attached hydrogens (primary N) is 1. The van der Waals surface area contributed by atoms with Gasteiger partial charge >= 0.3 is 0 Å². The second-order valence-electron chi connectivity index (χ2n) is 6.83. The van der Waals surface area contributed by atoms with E-state index in [9.17, 15) is 4.79 Å². The SMILES string of the molecule is NC(=O)Cc1ccc2[nH]c(CN3CCN(c4ccncc4)CC3)cc2c1. The summed E-state index contributed by atoms with van der Waals surface area (Å²) in [5.74, 6) is -0.299. The van der Waals surface area contributed by atoms with Gasteiger partial charge in [-0.05, 0) is 41.3 Å². The molecule has 4 rings (SSSR count). The van der Waals surface area contributed by atoms with Crippen LogP contribution in [0.25, 0.3) is 10.9 Å². The molecule has 3 aromatic rings. The Labute approximate surface area is 152 Å². The number of primary amides is 1. The van der Waals surface area contributed by atoms with Gasteiger partial charge in [0.25, 0.3) is 0 Å². The van der Waals surface area contributed by atoms with Gasteiger partial charge in [0.2, 0.25) is 5.91 Å². The number of rotatable bonds is 5. The van der Waals surface area contributed by atoms with Gasteiger partial charge in [-0.1, -0.05) is 6.07 Å². The highest BCUT2D eigenvalue weighted by Gasteiger charge is 2.18. The average molecular weight is 349 g/mol. The highest BCUT2D eigenvalue weighted by Crippen LogP contribution is 2.20. The molecule has 0 aliphatic carbocycles. The van der Waals surface area contributed by atoms with Gasteiger partial charge in [-0.3, -0.25) is 14.7 Å². The molecule has 2 aromatic heterocycles. The molecule has 6 heteroatoms. The van der Waals surface area contributed by atoms with E-state index < -0.39 is 0 Å². The number of nitrogens with zero attached hydrogens (tertiary/aromatic N) is 3. The summed E-state index contributed by atoms with van der Waals surface area (Å²) in [6.07, 6.45) is 3.98.